The van der Waals surface area contributed by atoms with Gasteiger partial charge in [0.15, 0.2) is 11.8 Å². The van der Waals surface area contributed by atoms with Crippen molar-refractivity contribution in [1.29, 1.82) is 0 Å². The normalized spacial score (nSPS) is 13.4. The highest BCUT2D eigenvalue weighted by Crippen LogP contribution is 2.10. The van der Waals surface area contributed by atoms with Gasteiger partial charge in [-0.15, -0.1) is 0 Å². The number of aromatic nitrogens is 3. The zero-order chi connectivity index (χ0) is 20.7. The standard InChI is InChI=1S/C19H30N6O2S/c1-6-20-19(23-14(2)9-10-28(5,26)27)22-13-17-7-8-18(21-12-17)25-16(4)11-15(3)24-25/h7-8,11-12,14H,6,9-10,13H2,1-5H3,(H2,20,22,23). The highest BCUT2D eigenvalue weighted by Gasteiger charge is 2.10. The molecule has 2 heterocycles. The molecule has 0 radical (unpaired) electrons. The minimum Gasteiger partial charge on any atom is -0.357 e. The highest BCUT2D eigenvalue weighted by atomic mass is 32.2. The van der Waals surface area contributed by atoms with E-state index in [1.54, 1.807) is 6.20 Å². The lowest BCUT2D eigenvalue weighted by molar-refractivity contribution is 0.581. The van der Waals surface area contributed by atoms with Gasteiger partial charge in [-0.25, -0.2) is 23.1 Å². The van der Waals surface area contributed by atoms with Crippen LogP contribution < -0.4 is 10.6 Å². The van der Waals surface area contributed by atoms with E-state index in [0.29, 0.717) is 18.9 Å². The second kappa shape index (κ2) is 9.68. The SMILES string of the molecule is CCNC(=NCc1ccc(-n2nc(C)cc2C)nc1)NC(C)CCS(C)(=O)=O. The van der Waals surface area contributed by atoms with E-state index in [4.69, 9.17) is 0 Å². The number of rotatable bonds is 8. The van der Waals surface area contributed by atoms with E-state index in [-0.39, 0.29) is 11.8 Å². The predicted octanol–water partition coefficient (Wildman–Crippen LogP) is 1.76. The first-order chi connectivity index (χ1) is 13.2. The summed E-state index contributed by atoms with van der Waals surface area (Å²) >= 11 is 0. The molecule has 28 heavy (non-hydrogen) atoms. The minimum absolute atomic E-state index is 0.000874. The zero-order valence-electron chi connectivity index (χ0n) is 17.2. The molecule has 8 nitrogen and oxygen atoms in total. The number of nitrogens with one attached hydrogen (secondary N) is 2. The Hall–Kier alpha value is -2.42. The van der Waals surface area contributed by atoms with Gasteiger partial charge >= 0.3 is 0 Å². The molecule has 0 aliphatic carbocycles. The molecule has 0 aliphatic heterocycles. The Morgan fingerprint density at radius 2 is 2.07 bits per heavy atom. The first-order valence-corrected chi connectivity index (χ1v) is 11.4. The number of pyridine rings is 1. The van der Waals surface area contributed by atoms with Crippen LogP contribution in [0.15, 0.2) is 29.4 Å². The molecule has 1 unspecified atom stereocenters. The Morgan fingerprint density at radius 3 is 2.61 bits per heavy atom. The van der Waals surface area contributed by atoms with Gasteiger partial charge in [-0.2, -0.15) is 5.10 Å². The van der Waals surface area contributed by atoms with Crippen molar-refractivity contribution in [2.75, 3.05) is 18.6 Å². The second-order valence-electron chi connectivity index (χ2n) is 7.02. The Balaban J connectivity index is 2.01. The fraction of sp³-hybridized carbons (Fsp3) is 0.526. The molecule has 2 aromatic heterocycles. The smallest absolute Gasteiger partial charge is 0.191 e. The Labute approximate surface area is 167 Å². The summed E-state index contributed by atoms with van der Waals surface area (Å²) < 4.78 is 24.5. The molecule has 2 aromatic rings. The maximum atomic E-state index is 11.3. The molecule has 9 heteroatoms. The summed E-state index contributed by atoms with van der Waals surface area (Å²) in [5.74, 6) is 1.59. The zero-order valence-corrected chi connectivity index (χ0v) is 18.0. The number of nitrogens with zero attached hydrogens (tertiary/aromatic N) is 4. The van der Waals surface area contributed by atoms with Crippen LogP contribution in [0.1, 0.15) is 37.2 Å². The summed E-state index contributed by atoms with van der Waals surface area (Å²) in [5.41, 5.74) is 2.98. The highest BCUT2D eigenvalue weighted by molar-refractivity contribution is 7.90. The van der Waals surface area contributed by atoms with Crippen LogP contribution in [0.5, 0.6) is 0 Å². The van der Waals surface area contributed by atoms with E-state index in [1.165, 1.54) is 6.26 Å². The van der Waals surface area contributed by atoms with Gasteiger partial charge in [-0.1, -0.05) is 6.07 Å². The molecular formula is C19H30N6O2S. The van der Waals surface area contributed by atoms with E-state index in [2.05, 4.69) is 25.7 Å². The van der Waals surface area contributed by atoms with Crippen LogP contribution in [-0.2, 0) is 16.4 Å². The van der Waals surface area contributed by atoms with Crippen LogP contribution in [0.3, 0.4) is 0 Å². The molecule has 2 rings (SSSR count). The van der Waals surface area contributed by atoms with Gasteiger partial charge < -0.3 is 10.6 Å². The fourth-order valence-electron chi connectivity index (χ4n) is 2.68. The second-order valence-corrected chi connectivity index (χ2v) is 9.28. The number of guanidine groups is 1. The minimum atomic E-state index is -2.97. The van der Waals surface area contributed by atoms with Crippen molar-refractivity contribution in [3.05, 3.63) is 41.3 Å². The van der Waals surface area contributed by atoms with Crippen LogP contribution in [0.4, 0.5) is 0 Å². The number of hydrogen-bond acceptors (Lipinski definition) is 5. The summed E-state index contributed by atoms with van der Waals surface area (Å²) in [6.45, 7) is 9.09. The largest absolute Gasteiger partial charge is 0.357 e. The Morgan fingerprint density at radius 1 is 1.32 bits per heavy atom. The molecule has 0 bridgehead atoms. The quantitative estimate of drug-likeness (QED) is 0.512. The summed E-state index contributed by atoms with van der Waals surface area (Å²) in [5, 5.41) is 10.9. The number of hydrogen-bond donors (Lipinski definition) is 2. The van der Waals surface area contributed by atoms with Crippen LogP contribution >= 0.6 is 0 Å². The molecule has 0 aromatic carbocycles. The van der Waals surface area contributed by atoms with Crippen LogP contribution in [0, 0.1) is 13.8 Å². The molecular weight excluding hydrogens is 376 g/mol. The average molecular weight is 407 g/mol. The van der Waals surface area contributed by atoms with Crippen LogP contribution in [-0.4, -0.2) is 53.7 Å². The molecule has 0 fully saturated rings. The van der Waals surface area contributed by atoms with Gasteiger partial charge in [0, 0.05) is 30.7 Å². The molecule has 0 spiro atoms. The lowest BCUT2D eigenvalue weighted by atomic mass is 10.2. The first kappa shape index (κ1) is 21.9. The van der Waals surface area contributed by atoms with Crippen molar-refractivity contribution < 1.29 is 8.42 Å². The summed E-state index contributed by atoms with van der Waals surface area (Å²) in [7, 11) is -2.97. The third-order valence-electron chi connectivity index (χ3n) is 4.10. The van der Waals surface area contributed by atoms with E-state index in [1.807, 2.05) is 50.6 Å². The van der Waals surface area contributed by atoms with E-state index >= 15 is 0 Å². The van der Waals surface area contributed by atoms with E-state index in [0.717, 1.165) is 29.3 Å². The maximum Gasteiger partial charge on any atom is 0.191 e. The van der Waals surface area contributed by atoms with Gasteiger partial charge in [0.2, 0.25) is 0 Å². The van der Waals surface area contributed by atoms with E-state index in [9.17, 15) is 8.42 Å². The lowest BCUT2D eigenvalue weighted by Gasteiger charge is -2.17. The van der Waals surface area contributed by atoms with Gasteiger partial charge in [0.05, 0.1) is 18.0 Å². The van der Waals surface area contributed by atoms with Gasteiger partial charge in [0.25, 0.3) is 0 Å². The van der Waals surface area contributed by atoms with Gasteiger partial charge in [0.1, 0.15) is 9.84 Å². The average Bonchev–Trinajstić information content (AvgIpc) is 2.96. The monoisotopic (exact) mass is 406 g/mol. The van der Waals surface area contributed by atoms with Crippen LogP contribution in [0.2, 0.25) is 0 Å². The number of aryl methyl sites for hydroxylation is 2. The first-order valence-electron chi connectivity index (χ1n) is 9.39. The van der Waals surface area contributed by atoms with Gasteiger partial charge in [-0.3, -0.25) is 0 Å². The number of sulfone groups is 1. The Kier molecular flexibility index (Phi) is 7.56. The number of aliphatic imine (C=N–C) groups is 1. The fourth-order valence-corrected chi connectivity index (χ4v) is 3.46. The maximum absolute atomic E-state index is 11.3. The summed E-state index contributed by atoms with van der Waals surface area (Å²) in [4.78, 5) is 9.06. The van der Waals surface area contributed by atoms with E-state index < -0.39 is 9.84 Å². The lowest BCUT2D eigenvalue weighted by Crippen LogP contribution is -2.42. The van der Waals surface area contributed by atoms with Crippen LogP contribution in [0.25, 0.3) is 5.82 Å². The summed E-state index contributed by atoms with van der Waals surface area (Å²) in [6.07, 6.45) is 3.58. The Bertz CT molecular complexity index is 903. The van der Waals surface area contributed by atoms with Crippen molar-refractivity contribution in [1.82, 2.24) is 25.4 Å². The molecule has 154 valence electrons. The topological polar surface area (TPSA) is 101 Å². The molecule has 2 N–H and O–H groups in total. The molecule has 0 amide bonds. The molecule has 0 saturated heterocycles. The predicted molar refractivity (Wildman–Crippen MR) is 113 cm³/mol. The molecule has 1 atom stereocenters. The third kappa shape index (κ3) is 6.95. The molecule has 0 saturated carbocycles. The van der Waals surface area contributed by atoms with Crippen molar-refractivity contribution in [3.63, 3.8) is 0 Å². The van der Waals surface area contributed by atoms with Crippen molar-refractivity contribution in [3.8, 4) is 5.82 Å². The summed E-state index contributed by atoms with van der Waals surface area (Å²) in [6, 6.07) is 5.93. The van der Waals surface area contributed by atoms with Crippen molar-refractivity contribution >= 4 is 15.8 Å². The van der Waals surface area contributed by atoms with Crippen molar-refractivity contribution in [2.24, 2.45) is 4.99 Å². The third-order valence-corrected chi connectivity index (χ3v) is 5.08. The van der Waals surface area contributed by atoms with Gasteiger partial charge in [-0.05, 0) is 51.8 Å². The van der Waals surface area contributed by atoms with Crippen molar-refractivity contribution in [2.45, 2.75) is 46.7 Å². The molecule has 0 aliphatic rings.